The lowest BCUT2D eigenvalue weighted by Gasteiger charge is -2.35. The summed E-state index contributed by atoms with van der Waals surface area (Å²) in [6.07, 6.45) is -4.93. The highest BCUT2D eigenvalue weighted by Crippen LogP contribution is 2.23. The van der Waals surface area contributed by atoms with Crippen molar-refractivity contribution in [1.29, 1.82) is 0 Å². The van der Waals surface area contributed by atoms with Crippen molar-refractivity contribution >= 4 is 21.7 Å². The SMILES string of the molecule is COc1nc(N[C@@H]2OC[C@@H](O)[C@@H](O)[C@@H]2O)c(Br)c(=O)n1C. The molecular weight excluding hydrogens is 350 g/mol. The summed E-state index contributed by atoms with van der Waals surface area (Å²) < 4.78 is 11.5. The van der Waals surface area contributed by atoms with Crippen LogP contribution >= 0.6 is 15.9 Å². The van der Waals surface area contributed by atoms with Gasteiger partial charge in [0.15, 0.2) is 12.0 Å². The zero-order chi connectivity index (χ0) is 15.7. The molecule has 0 aromatic carbocycles. The number of halogens is 1. The van der Waals surface area contributed by atoms with Crippen LogP contribution in [0, 0.1) is 0 Å². The molecule has 1 fully saturated rings. The van der Waals surface area contributed by atoms with Crippen molar-refractivity contribution in [3.05, 3.63) is 14.8 Å². The Labute approximate surface area is 128 Å². The van der Waals surface area contributed by atoms with Crippen LogP contribution in [0.3, 0.4) is 0 Å². The minimum Gasteiger partial charge on any atom is -0.468 e. The third-order valence-corrected chi connectivity index (χ3v) is 3.87. The minimum absolute atomic E-state index is 0.0663. The molecule has 0 aliphatic carbocycles. The van der Waals surface area contributed by atoms with Gasteiger partial charge >= 0.3 is 6.01 Å². The average molecular weight is 366 g/mol. The Morgan fingerprint density at radius 2 is 2.10 bits per heavy atom. The quantitative estimate of drug-likeness (QED) is 0.504. The molecule has 118 valence electrons. The monoisotopic (exact) mass is 365 g/mol. The number of methoxy groups -OCH3 is 1. The van der Waals surface area contributed by atoms with Gasteiger partial charge in [0.05, 0.1) is 13.7 Å². The summed E-state index contributed by atoms with van der Waals surface area (Å²) in [5, 5.41) is 31.6. The molecule has 0 spiro atoms. The second kappa shape index (κ2) is 6.28. The molecule has 0 unspecified atom stereocenters. The molecule has 0 amide bonds. The molecule has 9 nitrogen and oxygen atoms in total. The molecule has 21 heavy (non-hydrogen) atoms. The zero-order valence-corrected chi connectivity index (χ0v) is 12.9. The van der Waals surface area contributed by atoms with Crippen LogP contribution in [0.15, 0.2) is 9.27 Å². The molecule has 4 N–H and O–H groups in total. The van der Waals surface area contributed by atoms with Crippen LogP contribution in [-0.4, -0.2) is 63.1 Å². The van der Waals surface area contributed by atoms with Gasteiger partial charge in [-0.25, -0.2) is 0 Å². The second-order valence-electron chi connectivity index (χ2n) is 4.57. The third kappa shape index (κ3) is 3.04. The fraction of sp³-hybridized carbons (Fsp3) is 0.636. The Hall–Kier alpha value is -1.20. The number of anilines is 1. The van der Waals surface area contributed by atoms with Gasteiger partial charge in [0.1, 0.15) is 22.8 Å². The molecule has 2 heterocycles. The summed E-state index contributed by atoms with van der Waals surface area (Å²) >= 11 is 3.11. The first-order valence-electron chi connectivity index (χ1n) is 6.09. The number of aliphatic hydroxyl groups excluding tert-OH is 3. The van der Waals surface area contributed by atoms with E-state index in [1.54, 1.807) is 0 Å². The van der Waals surface area contributed by atoms with E-state index in [2.05, 4.69) is 26.2 Å². The number of aliphatic hydroxyl groups is 3. The lowest BCUT2D eigenvalue weighted by atomic mass is 10.0. The summed E-state index contributed by atoms with van der Waals surface area (Å²) in [6, 6.07) is 0.0663. The van der Waals surface area contributed by atoms with Gasteiger partial charge in [-0.1, -0.05) is 0 Å². The van der Waals surface area contributed by atoms with Crippen molar-refractivity contribution in [1.82, 2.24) is 9.55 Å². The van der Waals surface area contributed by atoms with Gasteiger partial charge < -0.3 is 30.1 Å². The van der Waals surface area contributed by atoms with Crippen LogP contribution in [-0.2, 0) is 11.8 Å². The predicted molar refractivity (Wildman–Crippen MR) is 75.1 cm³/mol. The smallest absolute Gasteiger partial charge is 0.300 e. The fourth-order valence-electron chi connectivity index (χ4n) is 1.90. The molecule has 0 radical (unpaired) electrons. The molecule has 2 rings (SSSR count). The molecular formula is C11H16BrN3O6. The Balaban J connectivity index is 2.28. The van der Waals surface area contributed by atoms with E-state index in [0.717, 1.165) is 0 Å². The topological polar surface area (TPSA) is 126 Å². The van der Waals surface area contributed by atoms with Gasteiger partial charge in [0.25, 0.3) is 5.56 Å². The minimum atomic E-state index is -1.38. The van der Waals surface area contributed by atoms with E-state index >= 15 is 0 Å². The normalized spacial score (nSPS) is 29.2. The summed E-state index contributed by atoms with van der Waals surface area (Å²) in [5.74, 6) is 0.0996. The molecule has 0 saturated carbocycles. The molecule has 1 aromatic heterocycles. The summed E-state index contributed by atoms with van der Waals surface area (Å²) in [7, 11) is 2.86. The van der Waals surface area contributed by atoms with Gasteiger partial charge in [0.2, 0.25) is 0 Å². The van der Waals surface area contributed by atoms with Crippen LogP contribution in [0.2, 0.25) is 0 Å². The fourth-order valence-corrected chi connectivity index (χ4v) is 2.37. The van der Waals surface area contributed by atoms with Gasteiger partial charge in [0, 0.05) is 7.05 Å². The number of ether oxygens (including phenoxy) is 2. The average Bonchev–Trinajstić information content (AvgIpc) is 2.48. The van der Waals surface area contributed by atoms with E-state index in [-0.39, 0.29) is 22.9 Å². The highest BCUT2D eigenvalue weighted by molar-refractivity contribution is 9.10. The van der Waals surface area contributed by atoms with Crippen LogP contribution in [0.25, 0.3) is 0 Å². The lowest BCUT2D eigenvalue weighted by molar-refractivity contribution is -0.178. The number of nitrogens with zero attached hydrogens (tertiary/aromatic N) is 2. The summed E-state index contributed by atoms with van der Waals surface area (Å²) in [6.45, 7) is -0.157. The van der Waals surface area contributed by atoms with Crippen LogP contribution in [0.5, 0.6) is 6.01 Å². The first kappa shape index (κ1) is 16.2. The highest BCUT2D eigenvalue weighted by Gasteiger charge is 2.38. The maximum Gasteiger partial charge on any atom is 0.300 e. The Bertz CT molecular complexity index is 580. The number of rotatable bonds is 3. The van der Waals surface area contributed by atoms with Gasteiger partial charge in [-0.2, -0.15) is 4.98 Å². The van der Waals surface area contributed by atoms with E-state index in [9.17, 15) is 20.1 Å². The van der Waals surface area contributed by atoms with Gasteiger partial charge in [-0.15, -0.1) is 0 Å². The molecule has 1 aliphatic heterocycles. The van der Waals surface area contributed by atoms with Crippen molar-refractivity contribution in [2.24, 2.45) is 7.05 Å². The third-order valence-electron chi connectivity index (χ3n) is 3.16. The molecule has 0 bridgehead atoms. The number of hydrogen-bond acceptors (Lipinski definition) is 8. The van der Waals surface area contributed by atoms with Crippen molar-refractivity contribution in [2.45, 2.75) is 24.5 Å². The van der Waals surface area contributed by atoms with E-state index in [1.165, 1.54) is 18.7 Å². The van der Waals surface area contributed by atoms with E-state index in [4.69, 9.17) is 9.47 Å². The molecule has 1 saturated heterocycles. The standard InChI is InChI=1S/C11H16BrN3O6/c1-15-10(19)5(12)8(14-11(15)20-2)13-9-7(18)6(17)4(16)3-21-9/h4,6-7,9,13,16-18H,3H2,1-2H3/t4-,6-,7+,9-/m1/s1. The summed E-state index contributed by atoms with van der Waals surface area (Å²) in [5.41, 5.74) is -0.393. The lowest BCUT2D eigenvalue weighted by Crippen LogP contribution is -2.55. The highest BCUT2D eigenvalue weighted by atomic mass is 79.9. The molecule has 10 heteroatoms. The first-order valence-corrected chi connectivity index (χ1v) is 6.89. The first-order chi connectivity index (χ1) is 9.86. The van der Waals surface area contributed by atoms with E-state index in [0.29, 0.717) is 0 Å². The van der Waals surface area contributed by atoms with E-state index in [1.807, 2.05) is 0 Å². The molecule has 1 aromatic rings. The Kier molecular flexibility index (Phi) is 4.84. The maximum atomic E-state index is 12.0. The van der Waals surface area contributed by atoms with Crippen LogP contribution < -0.4 is 15.6 Å². The van der Waals surface area contributed by atoms with Crippen LogP contribution in [0.1, 0.15) is 0 Å². The van der Waals surface area contributed by atoms with Crippen molar-refractivity contribution < 1.29 is 24.8 Å². The van der Waals surface area contributed by atoms with E-state index < -0.39 is 30.1 Å². The van der Waals surface area contributed by atoms with Gasteiger partial charge in [-0.05, 0) is 15.9 Å². The predicted octanol–water partition coefficient (Wildman–Crippen LogP) is -1.60. The number of nitrogens with one attached hydrogen (secondary N) is 1. The number of hydrogen-bond donors (Lipinski definition) is 4. The summed E-state index contributed by atoms with van der Waals surface area (Å²) in [4.78, 5) is 16.0. The van der Waals surface area contributed by atoms with Crippen molar-refractivity contribution in [3.8, 4) is 6.01 Å². The second-order valence-corrected chi connectivity index (χ2v) is 5.37. The molecule has 4 atom stereocenters. The zero-order valence-electron chi connectivity index (χ0n) is 11.4. The Morgan fingerprint density at radius 1 is 1.43 bits per heavy atom. The Morgan fingerprint density at radius 3 is 2.71 bits per heavy atom. The largest absolute Gasteiger partial charge is 0.468 e. The van der Waals surface area contributed by atoms with Crippen LogP contribution in [0.4, 0.5) is 5.82 Å². The van der Waals surface area contributed by atoms with Gasteiger partial charge in [-0.3, -0.25) is 9.36 Å². The maximum absolute atomic E-state index is 12.0. The molecule has 1 aliphatic rings. The number of aromatic nitrogens is 2. The van der Waals surface area contributed by atoms with Crippen molar-refractivity contribution in [2.75, 3.05) is 19.0 Å². The van der Waals surface area contributed by atoms with Crippen molar-refractivity contribution in [3.63, 3.8) is 0 Å².